The zero-order valence-corrected chi connectivity index (χ0v) is 15.0. The molecule has 5 N–H and O–H groups in total. The molecule has 0 spiro atoms. The Hall–Kier alpha value is -3.49. The molecule has 0 aliphatic rings. The Bertz CT molecular complexity index is 949. The van der Waals surface area contributed by atoms with Gasteiger partial charge in [0, 0.05) is 11.1 Å². The maximum Gasteiger partial charge on any atom is 0.342 e. The van der Waals surface area contributed by atoms with Crippen LogP contribution in [0.25, 0.3) is 11.1 Å². The summed E-state index contributed by atoms with van der Waals surface area (Å²) in [4.78, 5) is 37.8. The van der Waals surface area contributed by atoms with Crippen LogP contribution in [0.2, 0.25) is 0 Å². The molecule has 1 heterocycles. The lowest BCUT2D eigenvalue weighted by molar-refractivity contribution is 0.0695. The Morgan fingerprint density at radius 1 is 1.22 bits per heavy atom. The van der Waals surface area contributed by atoms with Gasteiger partial charge < -0.3 is 30.4 Å². The highest BCUT2D eigenvalue weighted by atomic mass is 16.5. The van der Waals surface area contributed by atoms with E-state index < -0.39 is 34.4 Å². The molecule has 27 heavy (non-hydrogen) atoms. The summed E-state index contributed by atoms with van der Waals surface area (Å²) in [6, 6.07) is 4.57. The molecule has 1 atom stereocenters. The van der Waals surface area contributed by atoms with Gasteiger partial charge in [-0.3, -0.25) is 4.79 Å². The van der Waals surface area contributed by atoms with Crippen molar-refractivity contribution in [2.75, 3.05) is 12.8 Å². The van der Waals surface area contributed by atoms with E-state index >= 15 is 0 Å². The Morgan fingerprint density at radius 3 is 2.37 bits per heavy atom. The molecule has 0 aliphatic heterocycles. The number of aromatic nitrogens is 1. The lowest BCUT2D eigenvalue weighted by atomic mass is 9.94. The number of rotatable bonds is 7. The van der Waals surface area contributed by atoms with E-state index in [1.807, 2.05) is 6.92 Å². The van der Waals surface area contributed by atoms with E-state index in [1.54, 1.807) is 13.0 Å². The molecule has 9 nitrogen and oxygen atoms in total. The number of nitrogen functional groups attached to an aromatic ring is 1. The number of aromatic amines is 1. The van der Waals surface area contributed by atoms with Gasteiger partial charge in [-0.25, -0.2) is 9.59 Å². The minimum atomic E-state index is -1.59. The van der Waals surface area contributed by atoms with Crippen molar-refractivity contribution in [3.05, 3.63) is 39.7 Å². The number of nitrogens with one attached hydrogen (secondary N) is 1. The Labute approximate surface area is 154 Å². The minimum absolute atomic E-state index is 0.0854. The summed E-state index contributed by atoms with van der Waals surface area (Å²) in [5.41, 5.74) is 3.13. The van der Waals surface area contributed by atoms with Gasteiger partial charge in [-0.05, 0) is 19.4 Å². The summed E-state index contributed by atoms with van der Waals surface area (Å²) in [5, 5.41) is 19.1. The number of hydrogen-bond donors (Lipinski definition) is 4. The van der Waals surface area contributed by atoms with Crippen LogP contribution in [-0.4, -0.2) is 40.3 Å². The van der Waals surface area contributed by atoms with E-state index in [9.17, 15) is 24.6 Å². The zero-order valence-electron chi connectivity index (χ0n) is 15.0. The molecular weight excluding hydrogens is 356 g/mol. The van der Waals surface area contributed by atoms with Gasteiger partial charge in [0.15, 0.2) is 11.5 Å². The number of carboxylic acid groups (broad SMARTS) is 2. The molecule has 0 saturated carbocycles. The quantitative estimate of drug-likeness (QED) is 0.574. The fourth-order valence-electron chi connectivity index (χ4n) is 2.60. The molecule has 0 radical (unpaired) electrons. The largest absolute Gasteiger partial charge is 0.493 e. The first-order valence-electron chi connectivity index (χ1n) is 8.09. The second-order valence-corrected chi connectivity index (χ2v) is 5.78. The molecule has 0 fully saturated rings. The molecule has 0 aliphatic carbocycles. The zero-order chi connectivity index (χ0) is 20.3. The van der Waals surface area contributed by atoms with Gasteiger partial charge in [0.05, 0.1) is 13.2 Å². The van der Waals surface area contributed by atoms with Gasteiger partial charge in [-0.2, -0.15) is 0 Å². The van der Waals surface area contributed by atoms with Gasteiger partial charge in [-0.1, -0.05) is 19.1 Å². The van der Waals surface area contributed by atoms with Gasteiger partial charge in [-0.15, -0.1) is 0 Å². The predicted octanol–water partition coefficient (Wildman–Crippen LogP) is 2.21. The average Bonchev–Trinajstić information content (AvgIpc) is 2.60. The normalized spacial score (nSPS) is 11.7. The van der Waals surface area contributed by atoms with Crippen LogP contribution in [0.1, 0.15) is 41.0 Å². The van der Waals surface area contributed by atoms with Crippen LogP contribution in [0.5, 0.6) is 11.5 Å². The monoisotopic (exact) mass is 376 g/mol. The van der Waals surface area contributed by atoms with Gasteiger partial charge >= 0.3 is 11.9 Å². The highest BCUT2D eigenvalue weighted by Crippen LogP contribution is 2.42. The molecule has 0 amide bonds. The third kappa shape index (κ3) is 3.71. The van der Waals surface area contributed by atoms with Crippen molar-refractivity contribution in [1.29, 1.82) is 0 Å². The van der Waals surface area contributed by atoms with E-state index in [0.717, 1.165) is 0 Å². The van der Waals surface area contributed by atoms with Crippen LogP contribution in [0.3, 0.4) is 0 Å². The van der Waals surface area contributed by atoms with Crippen molar-refractivity contribution in [1.82, 2.24) is 4.98 Å². The summed E-state index contributed by atoms with van der Waals surface area (Å²) in [6.07, 6.45) is 0.355. The number of benzene rings is 1. The van der Waals surface area contributed by atoms with E-state index in [0.29, 0.717) is 6.42 Å². The van der Waals surface area contributed by atoms with Crippen LogP contribution in [0, 0.1) is 0 Å². The number of carbonyl (C=O) groups is 2. The van der Waals surface area contributed by atoms with E-state index in [2.05, 4.69) is 4.98 Å². The van der Waals surface area contributed by atoms with Crippen molar-refractivity contribution in [3.63, 3.8) is 0 Å². The van der Waals surface area contributed by atoms with Crippen LogP contribution < -0.4 is 20.8 Å². The third-order valence-corrected chi connectivity index (χ3v) is 4.03. The number of H-pyrrole nitrogens is 1. The standard InChI is InChI=1S/C18H20N2O7/c1-4-8(2)27-14-9(6-5-7-10(14)26-3)11-12(17(22)23)15(19)20-16(21)13(11)18(24)25/h5-8H,4H2,1-3H3,(H,22,23)(H,24,25)(H3,19,20,21). The van der Waals surface area contributed by atoms with E-state index in [4.69, 9.17) is 15.2 Å². The van der Waals surface area contributed by atoms with Crippen LogP contribution in [0.15, 0.2) is 23.0 Å². The molecule has 144 valence electrons. The first-order valence-corrected chi connectivity index (χ1v) is 8.09. The second kappa shape index (κ2) is 7.81. The van der Waals surface area contributed by atoms with Gasteiger partial charge in [0.1, 0.15) is 16.9 Å². The number of anilines is 1. The number of aromatic carboxylic acids is 2. The van der Waals surface area contributed by atoms with Crippen LogP contribution in [-0.2, 0) is 0 Å². The number of hydrogen-bond acceptors (Lipinski definition) is 6. The minimum Gasteiger partial charge on any atom is -0.493 e. The number of nitrogens with two attached hydrogens (primary N) is 1. The molecule has 2 rings (SSSR count). The first-order chi connectivity index (χ1) is 12.7. The van der Waals surface area contributed by atoms with Gasteiger partial charge in [0.2, 0.25) is 0 Å². The van der Waals surface area contributed by atoms with Crippen molar-refractivity contribution < 1.29 is 29.3 Å². The van der Waals surface area contributed by atoms with Crippen molar-refractivity contribution >= 4 is 17.8 Å². The fourth-order valence-corrected chi connectivity index (χ4v) is 2.60. The predicted molar refractivity (Wildman–Crippen MR) is 97.8 cm³/mol. The van der Waals surface area contributed by atoms with Crippen molar-refractivity contribution in [3.8, 4) is 22.6 Å². The number of pyridine rings is 1. The SMILES string of the molecule is CCC(C)Oc1c(OC)cccc1-c1c(C(=O)O)c(N)[nH]c(=O)c1C(=O)O. The Kier molecular flexibility index (Phi) is 5.74. The second-order valence-electron chi connectivity index (χ2n) is 5.78. The number of methoxy groups -OCH3 is 1. The summed E-state index contributed by atoms with van der Waals surface area (Å²) in [6.45, 7) is 3.68. The molecule has 1 aromatic heterocycles. The highest BCUT2D eigenvalue weighted by Gasteiger charge is 2.29. The Balaban J connectivity index is 2.99. The fraction of sp³-hybridized carbons (Fsp3) is 0.278. The van der Waals surface area contributed by atoms with Crippen molar-refractivity contribution in [2.24, 2.45) is 0 Å². The Morgan fingerprint density at radius 2 is 1.85 bits per heavy atom. The maximum absolute atomic E-state index is 12.2. The lowest BCUT2D eigenvalue weighted by Crippen LogP contribution is -2.24. The molecule has 2 aromatic rings. The summed E-state index contributed by atoms with van der Waals surface area (Å²) in [7, 11) is 1.39. The maximum atomic E-state index is 12.2. The number of ether oxygens (including phenoxy) is 2. The topological polar surface area (TPSA) is 152 Å². The molecule has 1 unspecified atom stereocenters. The highest BCUT2D eigenvalue weighted by molar-refractivity contribution is 6.08. The summed E-state index contributed by atoms with van der Waals surface area (Å²) < 4.78 is 11.1. The number of para-hydroxylation sites is 1. The molecule has 1 aromatic carbocycles. The smallest absolute Gasteiger partial charge is 0.342 e. The van der Waals surface area contributed by atoms with Gasteiger partial charge in [0.25, 0.3) is 5.56 Å². The summed E-state index contributed by atoms with van der Waals surface area (Å²) >= 11 is 0. The number of carboxylic acids is 2. The third-order valence-electron chi connectivity index (χ3n) is 4.03. The lowest BCUT2D eigenvalue weighted by Gasteiger charge is -2.21. The average molecular weight is 376 g/mol. The van der Waals surface area contributed by atoms with E-state index in [1.165, 1.54) is 19.2 Å². The first kappa shape index (κ1) is 19.8. The molecule has 0 saturated heterocycles. The molecule has 0 bridgehead atoms. The molecule has 9 heteroatoms. The summed E-state index contributed by atoms with van der Waals surface area (Å²) in [5.74, 6) is -3.14. The molecular formula is C18H20N2O7. The van der Waals surface area contributed by atoms with Crippen LogP contribution in [0.4, 0.5) is 5.82 Å². The van der Waals surface area contributed by atoms with Crippen molar-refractivity contribution in [2.45, 2.75) is 26.4 Å². The van der Waals surface area contributed by atoms with Crippen LogP contribution >= 0.6 is 0 Å². The van der Waals surface area contributed by atoms with E-state index in [-0.39, 0.29) is 28.7 Å².